The number of amides is 1. The van der Waals surface area contributed by atoms with E-state index in [0.717, 1.165) is 12.4 Å². The number of carbonyl (C=O) groups excluding carboxylic acids is 1. The summed E-state index contributed by atoms with van der Waals surface area (Å²) in [6.45, 7) is 1.98. The molecule has 7 heteroatoms. The highest BCUT2D eigenvalue weighted by atomic mass is 16.2. The first-order chi connectivity index (χ1) is 9.28. The largest absolute Gasteiger partial charge is 0.332 e. The fourth-order valence-corrected chi connectivity index (χ4v) is 2.14. The number of fused-ring (bicyclic) bond motifs is 1. The van der Waals surface area contributed by atoms with Gasteiger partial charge in [0.15, 0.2) is 0 Å². The number of nitrogens with zero attached hydrogens (tertiary/aromatic N) is 4. The summed E-state index contributed by atoms with van der Waals surface area (Å²) in [7, 11) is 0. The van der Waals surface area contributed by atoms with Gasteiger partial charge in [0.05, 0.1) is 12.1 Å². The molecule has 1 aliphatic rings. The van der Waals surface area contributed by atoms with Crippen LogP contribution in [0.4, 0.5) is 5.82 Å². The molecule has 3 heterocycles. The topological polar surface area (TPSA) is 89.1 Å². The van der Waals surface area contributed by atoms with E-state index in [1.165, 1.54) is 6.20 Å². The lowest BCUT2D eigenvalue weighted by molar-refractivity contribution is 0.0707. The van der Waals surface area contributed by atoms with Gasteiger partial charge in [0, 0.05) is 31.7 Å². The van der Waals surface area contributed by atoms with Crippen molar-refractivity contribution in [2.45, 2.75) is 13.1 Å². The van der Waals surface area contributed by atoms with E-state index in [9.17, 15) is 4.79 Å². The maximum atomic E-state index is 12.3. The number of hydrazine groups is 1. The Hall–Kier alpha value is -2.41. The molecule has 0 saturated carbocycles. The molecule has 98 valence electrons. The fourth-order valence-electron chi connectivity index (χ4n) is 2.14. The summed E-state index contributed by atoms with van der Waals surface area (Å²) < 4.78 is 2.06. The molecular formula is C12H14N6O. The van der Waals surface area contributed by atoms with Crippen LogP contribution >= 0.6 is 0 Å². The summed E-state index contributed by atoms with van der Waals surface area (Å²) in [6, 6.07) is 3.39. The molecule has 0 saturated heterocycles. The van der Waals surface area contributed by atoms with Gasteiger partial charge in [-0.3, -0.25) is 4.79 Å². The van der Waals surface area contributed by atoms with Gasteiger partial charge < -0.3 is 14.9 Å². The third kappa shape index (κ3) is 2.15. The molecule has 0 atom stereocenters. The molecule has 0 unspecified atom stereocenters. The van der Waals surface area contributed by atoms with Gasteiger partial charge in [-0.1, -0.05) is 0 Å². The number of anilines is 1. The number of nitrogen functional groups attached to an aromatic ring is 1. The maximum absolute atomic E-state index is 12.3. The maximum Gasteiger partial charge on any atom is 0.255 e. The Kier molecular flexibility index (Phi) is 2.88. The van der Waals surface area contributed by atoms with Gasteiger partial charge in [-0.15, -0.1) is 0 Å². The Morgan fingerprint density at radius 1 is 1.32 bits per heavy atom. The standard InChI is InChI=1S/C12H14N6O/c13-16-10-2-1-9(7-15-10)12(19)18-6-5-17-4-3-14-11(17)8-18/h1-4,7H,5-6,8,13H2,(H,15,16). The summed E-state index contributed by atoms with van der Waals surface area (Å²) in [6.07, 6.45) is 5.21. The van der Waals surface area contributed by atoms with Gasteiger partial charge in [0.25, 0.3) is 5.91 Å². The second-order valence-corrected chi connectivity index (χ2v) is 4.34. The van der Waals surface area contributed by atoms with Crippen molar-refractivity contribution in [2.75, 3.05) is 12.0 Å². The predicted molar refractivity (Wildman–Crippen MR) is 69.0 cm³/mol. The minimum atomic E-state index is -0.0367. The molecule has 1 aliphatic heterocycles. The number of hydrogen-bond donors (Lipinski definition) is 2. The molecule has 0 fully saturated rings. The number of nitrogens with two attached hydrogens (primary N) is 1. The number of nitrogens with one attached hydrogen (secondary N) is 1. The molecule has 0 spiro atoms. The first kappa shape index (κ1) is 11.7. The second kappa shape index (κ2) is 4.69. The Balaban J connectivity index is 1.77. The summed E-state index contributed by atoms with van der Waals surface area (Å²) in [5, 5.41) is 0. The van der Waals surface area contributed by atoms with Gasteiger partial charge in [0.2, 0.25) is 0 Å². The van der Waals surface area contributed by atoms with E-state index in [2.05, 4.69) is 20.0 Å². The van der Waals surface area contributed by atoms with Crippen LogP contribution in [0, 0.1) is 0 Å². The predicted octanol–water partition coefficient (Wildman–Crippen LogP) is 0.220. The number of pyridine rings is 1. The lowest BCUT2D eigenvalue weighted by Crippen LogP contribution is -2.38. The quantitative estimate of drug-likeness (QED) is 0.594. The zero-order chi connectivity index (χ0) is 13.2. The molecule has 7 nitrogen and oxygen atoms in total. The van der Waals surface area contributed by atoms with Gasteiger partial charge in [-0.2, -0.15) is 0 Å². The third-order valence-electron chi connectivity index (χ3n) is 3.19. The minimum Gasteiger partial charge on any atom is -0.332 e. The highest BCUT2D eigenvalue weighted by molar-refractivity contribution is 5.94. The van der Waals surface area contributed by atoms with Gasteiger partial charge in [0.1, 0.15) is 11.6 Å². The van der Waals surface area contributed by atoms with Crippen molar-refractivity contribution in [1.82, 2.24) is 19.4 Å². The van der Waals surface area contributed by atoms with E-state index in [4.69, 9.17) is 5.84 Å². The molecule has 1 amide bonds. The Labute approximate surface area is 110 Å². The van der Waals surface area contributed by atoms with E-state index in [1.54, 1.807) is 23.2 Å². The van der Waals surface area contributed by atoms with Crippen LogP contribution in [0.15, 0.2) is 30.7 Å². The van der Waals surface area contributed by atoms with Crippen LogP contribution in [-0.4, -0.2) is 31.9 Å². The zero-order valence-electron chi connectivity index (χ0n) is 10.3. The Morgan fingerprint density at radius 2 is 2.21 bits per heavy atom. The van der Waals surface area contributed by atoms with E-state index < -0.39 is 0 Å². The summed E-state index contributed by atoms with van der Waals surface area (Å²) in [4.78, 5) is 22.4. The van der Waals surface area contributed by atoms with Gasteiger partial charge >= 0.3 is 0 Å². The lowest BCUT2D eigenvalue weighted by atomic mass is 10.2. The van der Waals surface area contributed by atoms with Crippen LogP contribution in [0.1, 0.15) is 16.2 Å². The van der Waals surface area contributed by atoms with Crippen molar-refractivity contribution in [3.05, 3.63) is 42.1 Å². The number of carbonyl (C=O) groups is 1. The molecule has 3 rings (SSSR count). The molecule has 2 aromatic heterocycles. The monoisotopic (exact) mass is 258 g/mol. The van der Waals surface area contributed by atoms with Crippen molar-refractivity contribution in [3.63, 3.8) is 0 Å². The van der Waals surface area contributed by atoms with E-state index in [-0.39, 0.29) is 5.91 Å². The first-order valence-corrected chi connectivity index (χ1v) is 6.00. The van der Waals surface area contributed by atoms with Crippen molar-refractivity contribution in [1.29, 1.82) is 0 Å². The second-order valence-electron chi connectivity index (χ2n) is 4.34. The third-order valence-corrected chi connectivity index (χ3v) is 3.19. The fraction of sp³-hybridized carbons (Fsp3) is 0.250. The smallest absolute Gasteiger partial charge is 0.255 e. The summed E-state index contributed by atoms with van der Waals surface area (Å²) in [5.41, 5.74) is 2.99. The summed E-state index contributed by atoms with van der Waals surface area (Å²) in [5.74, 6) is 6.65. The molecule has 19 heavy (non-hydrogen) atoms. The highest BCUT2D eigenvalue weighted by Crippen LogP contribution is 2.14. The minimum absolute atomic E-state index is 0.0367. The van der Waals surface area contributed by atoms with Crippen LogP contribution in [0.3, 0.4) is 0 Å². The SMILES string of the molecule is NNc1ccc(C(=O)N2CCn3ccnc3C2)cn1. The molecule has 2 aromatic rings. The van der Waals surface area contributed by atoms with Crippen LogP contribution in [0.25, 0.3) is 0 Å². The van der Waals surface area contributed by atoms with E-state index in [0.29, 0.717) is 24.5 Å². The van der Waals surface area contributed by atoms with Crippen molar-refractivity contribution in [2.24, 2.45) is 5.84 Å². The van der Waals surface area contributed by atoms with Crippen molar-refractivity contribution < 1.29 is 4.79 Å². The van der Waals surface area contributed by atoms with Crippen molar-refractivity contribution >= 4 is 11.7 Å². The molecule has 0 aromatic carbocycles. The van der Waals surface area contributed by atoms with Crippen LogP contribution in [0.5, 0.6) is 0 Å². The van der Waals surface area contributed by atoms with Gasteiger partial charge in [-0.25, -0.2) is 15.8 Å². The lowest BCUT2D eigenvalue weighted by Gasteiger charge is -2.27. The first-order valence-electron chi connectivity index (χ1n) is 6.00. The van der Waals surface area contributed by atoms with E-state index in [1.807, 2.05) is 6.20 Å². The molecule has 0 radical (unpaired) electrons. The Bertz CT molecular complexity index is 591. The number of rotatable bonds is 2. The van der Waals surface area contributed by atoms with Crippen LogP contribution in [-0.2, 0) is 13.1 Å². The van der Waals surface area contributed by atoms with Crippen molar-refractivity contribution in [3.8, 4) is 0 Å². The molecule has 0 bridgehead atoms. The number of hydrogen-bond acceptors (Lipinski definition) is 5. The van der Waals surface area contributed by atoms with Gasteiger partial charge in [-0.05, 0) is 12.1 Å². The molecular weight excluding hydrogens is 244 g/mol. The zero-order valence-corrected chi connectivity index (χ0v) is 10.3. The van der Waals surface area contributed by atoms with Crippen LogP contribution in [0.2, 0.25) is 0 Å². The molecule has 0 aliphatic carbocycles. The van der Waals surface area contributed by atoms with Crippen LogP contribution < -0.4 is 11.3 Å². The summed E-state index contributed by atoms with van der Waals surface area (Å²) >= 11 is 0. The highest BCUT2D eigenvalue weighted by Gasteiger charge is 2.22. The average Bonchev–Trinajstić information content (AvgIpc) is 2.94. The average molecular weight is 258 g/mol. The number of aromatic nitrogens is 3. The number of imidazole rings is 1. The Morgan fingerprint density at radius 3 is 2.95 bits per heavy atom. The normalized spacial score (nSPS) is 14.1. The van der Waals surface area contributed by atoms with E-state index >= 15 is 0 Å². The molecule has 3 N–H and O–H groups in total.